The molecule has 2 amide bonds. The Bertz CT molecular complexity index is 321. The van der Waals surface area contributed by atoms with Crippen molar-refractivity contribution < 1.29 is 9.53 Å². The molecule has 0 aromatic heterocycles. The molecule has 2 aliphatic rings. The normalized spacial score (nSPS) is 20.4. The zero-order valence-electron chi connectivity index (χ0n) is 12.3. The molecule has 1 aliphatic carbocycles. The highest BCUT2D eigenvalue weighted by Gasteiger charge is 2.26. The van der Waals surface area contributed by atoms with Gasteiger partial charge in [0, 0.05) is 26.2 Å². The van der Waals surface area contributed by atoms with E-state index in [0.717, 1.165) is 63.5 Å². The van der Waals surface area contributed by atoms with Crippen molar-refractivity contribution in [1.82, 2.24) is 15.2 Å². The number of carbonyl (C=O) groups excluding carboxylic acids is 1. The molecular formula is C13H25ClN4O3. The van der Waals surface area contributed by atoms with Crippen molar-refractivity contribution in [1.29, 1.82) is 0 Å². The van der Waals surface area contributed by atoms with E-state index in [1.165, 1.54) is 6.42 Å². The van der Waals surface area contributed by atoms with E-state index in [4.69, 9.17) is 4.74 Å². The number of morpholine rings is 1. The molecular weight excluding hydrogens is 296 g/mol. The van der Waals surface area contributed by atoms with Crippen molar-refractivity contribution in [3.05, 3.63) is 4.91 Å². The molecule has 0 spiro atoms. The molecule has 0 aromatic rings. The summed E-state index contributed by atoms with van der Waals surface area (Å²) in [5.74, 6) is 0. The lowest BCUT2D eigenvalue weighted by Gasteiger charge is -2.29. The Balaban J connectivity index is 0.00000220. The van der Waals surface area contributed by atoms with E-state index in [1.807, 2.05) is 0 Å². The minimum atomic E-state index is -0.361. The van der Waals surface area contributed by atoms with Crippen LogP contribution in [0.25, 0.3) is 0 Å². The van der Waals surface area contributed by atoms with Gasteiger partial charge < -0.3 is 10.1 Å². The van der Waals surface area contributed by atoms with Crippen LogP contribution in [0.4, 0.5) is 4.79 Å². The summed E-state index contributed by atoms with van der Waals surface area (Å²) in [4.78, 5) is 25.1. The fraction of sp³-hybridized carbons (Fsp3) is 0.923. The summed E-state index contributed by atoms with van der Waals surface area (Å²) in [6.45, 7) is 4.61. The number of halogens is 1. The van der Waals surface area contributed by atoms with E-state index in [-0.39, 0.29) is 24.5 Å². The highest BCUT2D eigenvalue weighted by atomic mass is 35.5. The van der Waals surface area contributed by atoms with Gasteiger partial charge in [-0.2, -0.15) is 5.01 Å². The van der Waals surface area contributed by atoms with Gasteiger partial charge in [0.25, 0.3) is 0 Å². The van der Waals surface area contributed by atoms with Gasteiger partial charge in [0.2, 0.25) is 0 Å². The first kappa shape index (κ1) is 18.1. The number of hydrogen-bond donors (Lipinski definition) is 1. The van der Waals surface area contributed by atoms with Gasteiger partial charge in [-0.3, -0.25) is 4.90 Å². The molecule has 1 aliphatic heterocycles. The van der Waals surface area contributed by atoms with Crippen LogP contribution in [0.1, 0.15) is 32.1 Å². The predicted molar refractivity (Wildman–Crippen MR) is 82.4 cm³/mol. The Morgan fingerprint density at radius 2 is 1.90 bits per heavy atom. The predicted octanol–water partition coefficient (Wildman–Crippen LogP) is 1.77. The Kier molecular flexibility index (Phi) is 8.56. The molecule has 0 aromatic carbocycles. The fourth-order valence-electron chi connectivity index (χ4n) is 2.82. The molecule has 1 saturated carbocycles. The topological polar surface area (TPSA) is 74.2 Å². The lowest BCUT2D eigenvalue weighted by atomic mass is 9.95. The Morgan fingerprint density at radius 1 is 1.24 bits per heavy atom. The van der Waals surface area contributed by atoms with E-state index >= 15 is 0 Å². The van der Waals surface area contributed by atoms with Crippen molar-refractivity contribution in [2.45, 2.75) is 38.1 Å². The van der Waals surface area contributed by atoms with Gasteiger partial charge in [-0.05, 0) is 12.8 Å². The first-order valence-corrected chi connectivity index (χ1v) is 7.51. The van der Waals surface area contributed by atoms with Gasteiger partial charge >= 0.3 is 6.03 Å². The molecule has 0 radical (unpaired) electrons. The molecule has 8 heteroatoms. The fourth-order valence-corrected chi connectivity index (χ4v) is 2.82. The summed E-state index contributed by atoms with van der Waals surface area (Å²) >= 11 is 0. The van der Waals surface area contributed by atoms with Gasteiger partial charge in [0.15, 0.2) is 0 Å². The van der Waals surface area contributed by atoms with Crippen LogP contribution in [-0.2, 0) is 4.74 Å². The molecule has 0 atom stereocenters. The Morgan fingerprint density at radius 3 is 2.52 bits per heavy atom. The molecule has 1 heterocycles. The lowest BCUT2D eigenvalue weighted by Crippen LogP contribution is -2.46. The van der Waals surface area contributed by atoms with Crippen LogP contribution >= 0.6 is 12.4 Å². The minimum Gasteiger partial charge on any atom is -0.379 e. The van der Waals surface area contributed by atoms with Crippen LogP contribution in [0.5, 0.6) is 0 Å². The maximum atomic E-state index is 12.0. The van der Waals surface area contributed by atoms with Gasteiger partial charge in [0.05, 0.1) is 24.5 Å². The first-order valence-electron chi connectivity index (χ1n) is 7.51. The van der Waals surface area contributed by atoms with Crippen LogP contribution < -0.4 is 5.32 Å². The Hall–Kier alpha value is -0.920. The van der Waals surface area contributed by atoms with Crippen LogP contribution in [0, 0.1) is 4.91 Å². The zero-order valence-corrected chi connectivity index (χ0v) is 13.1. The van der Waals surface area contributed by atoms with Crippen molar-refractivity contribution in [2.75, 3.05) is 39.4 Å². The van der Waals surface area contributed by atoms with Crippen molar-refractivity contribution in [3.63, 3.8) is 0 Å². The number of amides is 2. The number of nitrogens with zero attached hydrogens (tertiary/aromatic N) is 3. The number of carbonyl (C=O) groups is 1. The van der Waals surface area contributed by atoms with Crippen LogP contribution in [-0.4, -0.2) is 61.4 Å². The molecule has 7 nitrogen and oxygen atoms in total. The average molecular weight is 321 g/mol. The van der Waals surface area contributed by atoms with E-state index in [2.05, 4.69) is 15.5 Å². The van der Waals surface area contributed by atoms with Crippen molar-refractivity contribution >= 4 is 18.4 Å². The molecule has 2 fully saturated rings. The minimum absolute atomic E-state index is 0. The van der Waals surface area contributed by atoms with Crippen LogP contribution in [0.3, 0.4) is 0 Å². The summed E-state index contributed by atoms with van der Waals surface area (Å²) in [5, 5.41) is 6.80. The number of urea groups is 1. The third-order valence-corrected chi connectivity index (χ3v) is 4.02. The van der Waals surface area contributed by atoms with Gasteiger partial charge in [0.1, 0.15) is 0 Å². The van der Waals surface area contributed by atoms with Gasteiger partial charge in [-0.25, -0.2) is 4.79 Å². The van der Waals surface area contributed by atoms with E-state index < -0.39 is 0 Å². The Labute approximate surface area is 131 Å². The van der Waals surface area contributed by atoms with E-state index in [1.54, 1.807) is 0 Å². The van der Waals surface area contributed by atoms with Crippen LogP contribution in [0.15, 0.2) is 5.29 Å². The third kappa shape index (κ3) is 5.76. The quantitative estimate of drug-likeness (QED) is 0.619. The molecule has 122 valence electrons. The van der Waals surface area contributed by atoms with E-state index in [9.17, 15) is 9.70 Å². The standard InChI is InChI=1S/C13H24N4O3.ClH/c18-13(14-6-7-16-8-10-20-11-9-16)17(15-19)12-4-2-1-3-5-12;/h12H,1-11H2,(H,14,18);1H. The number of nitrogens with one attached hydrogen (secondary N) is 1. The van der Waals surface area contributed by atoms with E-state index in [0.29, 0.717) is 6.54 Å². The molecule has 2 rings (SSSR count). The summed E-state index contributed by atoms with van der Waals surface area (Å²) in [5.41, 5.74) is 0. The molecule has 21 heavy (non-hydrogen) atoms. The first-order chi connectivity index (χ1) is 9.81. The molecule has 0 bridgehead atoms. The smallest absolute Gasteiger partial charge is 0.340 e. The van der Waals surface area contributed by atoms with Gasteiger partial charge in [-0.15, -0.1) is 17.3 Å². The SMILES string of the molecule is Cl.O=NN(C(=O)NCCN1CCOCC1)C1CCCCC1. The second-order valence-electron chi connectivity index (χ2n) is 5.40. The lowest BCUT2D eigenvalue weighted by molar-refractivity contribution is 0.0385. The largest absolute Gasteiger partial charge is 0.379 e. The van der Waals surface area contributed by atoms with Crippen molar-refractivity contribution in [2.24, 2.45) is 5.29 Å². The summed E-state index contributed by atoms with van der Waals surface area (Å²) in [6, 6.07) is -0.384. The second kappa shape index (κ2) is 9.92. The third-order valence-electron chi connectivity index (χ3n) is 4.02. The zero-order chi connectivity index (χ0) is 14.2. The number of ether oxygens (including phenoxy) is 1. The maximum absolute atomic E-state index is 12.0. The summed E-state index contributed by atoms with van der Waals surface area (Å²) in [7, 11) is 0. The maximum Gasteiger partial charge on any atom is 0.340 e. The molecule has 1 saturated heterocycles. The number of nitroso groups, excluding NO2 is 1. The van der Waals surface area contributed by atoms with Crippen LogP contribution in [0.2, 0.25) is 0 Å². The van der Waals surface area contributed by atoms with Gasteiger partial charge in [-0.1, -0.05) is 19.3 Å². The average Bonchev–Trinajstić information content (AvgIpc) is 2.50. The van der Waals surface area contributed by atoms with Crippen molar-refractivity contribution in [3.8, 4) is 0 Å². The second-order valence-corrected chi connectivity index (χ2v) is 5.40. The number of hydrogen-bond acceptors (Lipinski definition) is 5. The molecule has 1 N–H and O–H groups in total. The monoisotopic (exact) mass is 320 g/mol. The summed E-state index contributed by atoms with van der Waals surface area (Å²) < 4.78 is 5.27. The molecule has 0 unspecified atom stereocenters. The highest BCUT2D eigenvalue weighted by Crippen LogP contribution is 2.22. The highest BCUT2D eigenvalue weighted by molar-refractivity contribution is 5.85. The summed E-state index contributed by atoms with van der Waals surface area (Å²) in [6.07, 6.45) is 5.07. The number of rotatable bonds is 5.